The standard InChI is InChI=1S/C11H26N2/c1-10(2)9-13(11(3)4)8-7-12(5)6/h10-11H,7-9H2,1-6H3. The van der Waals surface area contributed by atoms with E-state index in [-0.39, 0.29) is 0 Å². The Morgan fingerprint density at radius 1 is 0.923 bits per heavy atom. The van der Waals surface area contributed by atoms with Gasteiger partial charge in [-0.05, 0) is 33.9 Å². The summed E-state index contributed by atoms with van der Waals surface area (Å²) in [6.45, 7) is 12.7. The first-order valence-electron chi connectivity index (χ1n) is 5.32. The van der Waals surface area contributed by atoms with Crippen LogP contribution in [0.15, 0.2) is 0 Å². The van der Waals surface area contributed by atoms with Crippen molar-refractivity contribution in [1.82, 2.24) is 9.80 Å². The maximum atomic E-state index is 2.55. The van der Waals surface area contributed by atoms with E-state index in [9.17, 15) is 0 Å². The largest absolute Gasteiger partial charge is 0.308 e. The summed E-state index contributed by atoms with van der Waals surface area (Å²) in [5.74, 6) is 0.768. The molecule has 0 aliphatic carbocycles. The van der Waals surface area contributed by atoms with Crippen molar-refractivity contribution in [3.8, 4) is 0 Å². The van der Waals surface area contributed by atoms with Crippen LogP contribution in [0.2, 0.25) is 0 Å². The zero-order valence-electron chi connectivity index (χ0n) is 10.2. The van der Waals surface area contributed by atoms with Gasteiger partial charge in [-0.15, -0.1) is 0 Å². The molecule has 0 atom stereocenters. The zero-order valence-corrected chi connectivity index (χ0v) is 10.2. The van der Waals surface area contributed by atoms with E-state index in [1.54, 1.807) is 0 Å². The third-order valence-electron chi connectivity index (χ3n) is 2.16. The maximum absolute atomic E-state index is 2.55. The Labute approximate surface area is 83.9 Å². The molecular weight excluding hydrogens is 160 g/mol. The molecule has 0 bridgehead atoms. The fourth-order valence-corrected chi connectivity index (χ4v) is 1.36. The molecule has 0 spiro atoms. The van der Waals surface area contributed by atoms with Crippen LogP contribution < -0.4 is 0 Å². The molecule has 0 amide bonds. The van der Waals surface area contributed by atoms with Gasteiger partial charge in [-0.25, -0.2) is 0 Å². The highest BCUT2D eigenvalue weighted by Gasteiger charge is 2.10. The second-order valence-electron chi connectivity index (χ2n) is 4.79. The number of likely N-dealkylation sites (N-methyl/N-ethyl adjacent to an activating group) is 1. The van der Waals surface area contributed by atoms with Crippen LogP contribution in [0.25, 0.3) is 0 Å². The molecule has 0 aromatic carbocycles. The molecule has 0 saturated heterocycles. The minimum Gasteiger partial charge on any atom is -0.308 e. The van der Waals surface area contributed by atoms with Crippen molar-refractivity contribution in [1.29, 1.82) is 0 Å². The summed E-state index contributed by atoms with van der Waals surface area (Å²) >= 11 is 0. The Kier molecular flexibility index (Phi) is 6.35. The normalized spacial score (nSPS) is 12.5. The second-order valence-corrected chi connectivity index (χ2v) is 4.79. The van der Waals surface area contributed by atoms with Gasteiger partial charge in [0, 0.05) is 25.7 Å². The number of hydrogen-bond donors (Lipinski definition) is 0. The van der Waals surface area contributed by atoms with Crippen molar-refractivity contribution in [2.24, 2.45) is 5.92 Å². The van der Waals surface area contributed by atoms with Gasteiger partial charge >= 0.3 is 0 Å². The van der Waals surface area contributed by atoms with Crippen LogP contribution in [0.4, 0.5) is 0 Å². The highest BCUT2D eigenvalue weighted by molar-refractivity contribution is 4.65. The van der Waals surface area contributed by atoms with Crippen molar-refractivity contribution in [3.63, 3.8) is 0 Å². The Morgan fingerprint density at radius 3 is 1.77 bits per heavy atom. The van der Waals surface area contributed by atoms with Gasteiger partial charge < -0.3 is 4.90 Å². The van der Waals surface area contributed by atoms with Gasteiger partial charge in [0.1, 0.15) is 0 Å². The van der Waals surface area contributed by atoms with Gasteiger partial charge in [-0.3, -0.25) is 4.90 Å². The lowest BCUT2D eigenvalue weighted by atomic mass is 10.2. The Hall–Kier alpha value is -0.0800. The van der Waals surface area contributed by atoms with Crippen LogP contribution in [0.3, 0.4) is 0 Å². The third-order valence-corrected chi connectivity index (χ3v) is 2.16. The summed E-state index contributed by atoms with van der Waals surface area (Å²) in [6.07, 6.45) is 0. The van der Waals surface area contributed by atoms with E-state index < -0.39 is 0 Å². The van der Waals surface area contributed by atoms with Gasteiger partial charge in [0.15, 0.2) is 0 Å². The molecule has 0 N–H and O–H groups in total. The quantitative estimate of drug-likeness (QED) is 0.625. The lowest BCUT2D eigenvalue weighted by molar-refractivity contribution is 0.179. The van der Waals surface area contributed by atoms with Gasteiger partial charge in [0.2, 0.25) is 0 Å². The summed E-state index contributed by atoms with van der Waals surface area (Å²) in [7, 11) is 4.27. The molecule has 0 aromatic rings. The summed E-state index contributed by atoms with van der Waals surface area (Å²) in [4.78, 5) is 4.79. The minimum absolute atomic E-state index is 0.669. The molecule has 0 saturated carbocycles. The van der Waals surface area contributed by atoms with Crippen molar-refractivity contribution in [2.45, 2.75) is 33.7 Å². The van der Waals surface area contributed by atoms with Crippen molar-refractivity contribution >= 4 is 0 Å². The van der Waals surface area contributed by atoms with E-state index in [0.717, 1.165) is 12.5 Å². The minimum atomic E-state index is 0.669. The topological polar surface area (TPSA) is 6.48 Å². The fourth-order valence-electron chi connectivity index (χ4n) is 1.36. The molecule has 0 unspecified atom stereocenters. The SMILES string of the molecule is CC(C)CN(CCN(C)C)C(C)C. The first-order valence-corrected chi connectivity index (χ1v) is 5.32. The van der Waals surface area contributed by atoms with Crippen LogP contribution in [0.1, 0.15) is 27.7 Å². The van der Waals surface area contributed by atoms with Gasteiger partial charge in [-0.2, -0.15) is 0 Å². The van der Waals surface area contributed by atoms with E-state index >= 15 is 0 Å². The smallest absolute Gasteiger partial charge is 0.0112 e. The average molecular weight is 186 g/mol. The van der Waals surface area contributed by atoms with E-state index in [4.69, 9.17) is 0 Å². The predicted octanol–water partition coefficient (Wildman–Crippen LogP) is 1.91. The number of hydrogen-bond acceptors (Lipinski definition) is 2. The van der Waals surface area contributed by atoms with Gasteiger partial charge in [-0.1, -0.05) is 13.8 Å². The second kappa shape index (κ2) is 6.39. The summed E-state index contributed by atoms with van der Waals surface area (Å²) in [5, 5.41) is 0. The van der Waals surface area contributed by atoms with Crippen molar-refractivity contribution in [3.05, 3.63) is 0 Å². The van der Waals surface area contributed by atoms with Crippen LogP contribution in [-0.2, 0) is 0 Å². The number of rotatable bonds is 6. The molecule has 2 heteroatoms. The third kappa shape index (κ3) is 7.03. The van der Waals surface area contributed by atoms with E-state index in [0.29, 0.717) is 6.04 Å². The molecule has 0 aromatic heterocycles. The molecule has 80 valence electrons. The highest BCUT2D eigenvalue weighted by atomic mass is 15.2. The highest BCUT2D eigenvalue weighted by Crippen LogP contribution is 2.03. The fraction of sp³-hybridized carbons (Fsp3) is 1.00. The molecule has 0 aliphatic rings. The molecule has 2 nitrogen and oxygen atoms in total. The first kappa shape index (κ1) is 12.9. The number of nitrogens with zero attached hydrogens (tertiary/aromatic N) is 2. The Bertz CT molecular complexity index is 119. The van der Waals surface area contributed by atoms with Gasteiger partial charge in [0.05, 0.1) is 0 Å². The maximum Gasteiger partial charge on any atom is 0.0112 e. The molecule has 0 radical (unpaired) electrons. The van der Waals surface area contributed by atoms with E-state index in [1.165, 1.54) is 13.1 Å². The van der Waals surface area contributed by atoms with E-state index in [2.05, 4.69) is 51.6 Å². The molecule has 0 heterocycles. The zero-order chi connectivity index (χ0) is 10.4. The average Bonchev–Trinajstić information content (AvgIpc) is 1.96. The Morgan fingerprint density at radius 2 is 1.46 bits per heavy atom. The molecule has 0 fully saturated rings. The van der Waals surface area contributed by atoms with Crippen LogP contribution >= 0.6 is 0 Å². The summed E-state index contributed by atoms with van der Waals surface area (Å²) in [6, 6.07) is 0.669. The lowest BCUT2D eigenvalue weighted by Gasteiger charge is -2.29. The molecular formula is C11H26N2. The van der Waals surface area contributed by atoms with Crippen molar-refractivity contribution < 1.29 is 0 Å². The monoisotopic (exact) mass is 186 g/mol. The van der Waals surface area contributed by atoms with Gasteiger partial charge in [0.25, 0.3) is 0 Å². The van der Waals surface area contributed by atoms with E-state index in [1.807, 2.05) is 0 Å². The van der Waals surface area contributed by atoms with Crippen LogP contribution in [0.5, 0.6) is 0 Å². The molecule has 13 heavy (non-hydrogen) atoms. The summed E-state index contributed by atoms with van der Waals surface area (Å²) < 4.78 is 0. The van der Waals surface area contributed by atoms with Crippen molar-refractivity contribution in [2.75, 3.05) is 33.7 Å². The van der Waals surface area contributed by atoms with Crippen LogP contribution in [0, 0.1) is 5.92 Å². The predicted molar refractivity (Wildman–Crippen MR) is 60.1 cm³/mol. The Balaban J connectivity index is 3.81. The first-order chi connectivity index (χ1) is 5.93. The lowest BCUT2D eigenvalue weighted by Crippen LogP contribution is -2.38. The summed E-state index contributed by atoms with van der Waals surface area (Å²) in [5.41, 5.74) is 0. The molecule has 0 aliphatic heterocycles. The molecule has 0 rings (SSSR count). The van der Waals surface area contributed by atoms with Crippen LogP contribution in [-0.4, -0.2) is 49.6 Å².